The molecule has 0 radical (unpaired) electrons. The number of carboxylic acids is 1. The van der Waals surface area contributed by atoms with Crippen molar-refractivity contribution in [2.24, 2.45) is 0 Å². The third-order valence-corrected chi connectivity index (χ3v) is 5.06. The zero-order valence-corrected chi connectivity index (χ0v) is 12.2. The first-order valence-electron chi connectivity index (χ1n) is 4.96. The molecule has 0 saturated heterocycles. The maximum atomic E-state index is 13.5. The summed E-state index contributed by atoms with van der Waals surface area (Å²) in [5.74, 6) is -0.813. The summed E-state index contributed by atoms with van der Waals surface area (Å²) in [6, 6.07) is 7.72. The fraction of sp³-hybridized carbons (Fsp3) is 0.0833. The molecule has 94 valence electrons. The number of halogens is 2. The number of carbonyl (C=O) groups is 1. The van der Waals surface area contributed by atoms with Gasteiger partial charge < -0.3 is 5.11 Å². The lowest BCUT2D eigenvalue weighted by Gasteiger charge is -2.03. The first kappa shape index (κ1) is 13.6. The van der Waals surface area contributed by atoms with Crippen molar-refractivity contribution >= 4 is 45.0 Å². The Balaban J connectivity index is 2.13. The molecule has 0 saturated carbocycles. The standard InChI is InChI=1S/C12H8BrFO2S2/c13-11-4-2-8(18-11)6-17-10-5-7(12(15)16)1-3-9(10)14/h1-5H,6H2,(H,15,16). The molecule has 0 spiro atoms. The van der Waals surface area contributed by atoms with Crippen LogP contribution in [-0.4, -0.2) is 11.1 Å². The molecule has 1 aromatic carbocycles. The Bertz CT molecular complexity index is 583. The van der Waals surface area contributed by atoms with E-state index >= 15 is 0 Å². The van der Waals surface area contributed by atoms with Crippen LogP contribution in [0.2, 0.25) is 0 Å². The first-order chi connectivity index (χ1) is 8.56. The van der Waals surface area contributed by atoms with Crippen LogP contribution in [0.4, 0.5) is 4.39 Å². The van der Waals surface area contributed by atoms with Gasteiger partial charge in [0.2, 0.25) is 0 Å². The van der Waals surface area contributed by atoms with Crippen LogP contribution in [-0.2, 0) is 5.75 Å². The maximum absolute atomic E-state index is 13.5. The summed E-state index contributed by atoms with van der Waals surface area (Å²) in [6.45, 7) is 0. The quantitative estimate of drug-likeness (QED) is 0.819. The van der Waals surface area contributed by atoms with E-state index in [9.17, 15) is 9.18 Å². The van der Waals surface area contributed by atoms with Gasteiger partial charge in [-0.2, -0.15) is 0 Å². The lowest BCUT2D eigenvalue weighted by molar-refractivity contribution is 0.0696. The van der Waals surface area contributed by atoms with E-state index < -0.39 is 5.97 Å². The van der Waals surface area contributed by atoms with Crippen molar-refractivity contribution in [3.63, 3.8) is 0 Å². The Labute approximate surface area is 120 Å². The van der Waals surface area contributed by atoms with Crippen LogP contribution >= 0.6 is 39.0 Å². The van der Waals surface area contributed by atoms with Crippen LogP contribution < -0.4 is 0 Å². The third kappa shape index (κ3) is 3.34. The van der Waals surface area contributed by atoms with E-state index in [-0.39, 0.29) is 11.4 Å². The molecule has 0 aliphatic heterocycles. The average molecular weight is 347 g/mol. The van der Waals surface area contributed by atoms with E-state index in [0.717, 1.165) is 8.66 Å². The SMILES string of the molecule is O=C(O)c1ccc(F)c(SCc2ccc(Br)s2)c1. The highest BCUT2D eigenvalue weighted by atomic mass is 79.9. The molecule has 2 aromatic rings. The second-order valence-corrected chi connectivity index (χ2v) is 7.01. The van der Waals surface area contributed by atoms with Gasteiger partial charge in [0.15, 0.2) is 0 Å². The summed E-state index contributed by atoms with van der Waals surface area (Å²) in [5, 5.41) is 8.85. The van der Waals surface area contributed by atoms with Gasteiger partial charge >= 0.3 is 5.97 Å². The number of aromatic carboxylic acids is 1. The van der Waals surface area contributed by atoms with E-state index in [4.69, 9.17) is 5.11 Å². The van der Waals surface area contributed by atoms with E-state index in [2.05, 4.69) is 15.9 Å². The van der Waals surface area contributed by atoms with Crippen LogP contribution in [0, 0.1) is 5.82 Å². The second-order valence-electron chi connectivity index (χ2n) is 3.44. The van der Waals surface area contributed by atoms with Gasteiger partial charge in [-0.1, -0.05) is 0 Å². The van der Waals surface area contributed by atoms with Crippen molar-refractivity contribution in [2.75, 3.05) is 0 Å². The molecule has 0 aliphatic carbocycles. The summed E-state index contributed by atoms with van der Waals surface area (Å²) >= 11 is 6.24. The third-order valence-electron chi connectivity index (χ3n) is 2.18. The molecule has 0 unspecified atom stereocenters. The summed E-state index contributed by atoms with van der Waals surface area (Å²) in [5.41, 5.74) is 0.103. The molecule has 0 fully saturated rings. The molecule has 18 heavy (non-hydrogen) atoms. The lowest BCUT2D eigenvalue weighted by atomic mass is 10.2. The van der Waals surface area contributed by atoms with E-state index in [1.54, 1.807) is 11.3 Å². The molecule has 0 amide bonds. The van der Waals surface area contributed by atoms with Crippen LogP contribution in [0.15, 0.2) is 39.0 Å². The van der Waals surface area contributed by atoms with Gasteiger partial charge in [-0.15, -0.1) is 23.1 Å². The second kappa shape index (κ2) is 5.86. The number of thiophene rings is 1. The van der Waals surface area contributed by atoms with Gasteiger partial charge in [-0.05, 0) is 46.3 Å². The molecule has 2 rings (SSSR count). The predicted molar refractivity (Wildman–Crippen MR) is 74.9 cm³/mol. The molecule has 6 heteroatoms. The van der Waals surface area contributed by atoms with Gasteiger partial charge in [-0.25, -0.2) is 9.18 Å². The minimum Gasteiger partial charge on any atom is -0.478 e. The average Bonchev–Trinajstić information content (AvgIpc) is 2.74. The Hall–Kier alpha value is -0.850. The summed E-state index contributed by atoms with van der Waals surface area (Å²) < 4.78 is 14.5. The lowest BCUT2D eigenvalue weighted by Crippen LogP contribution is -1.97. The summed E-state index contributed by atoms with van der Waals surface area (Å²) in [4.78, 5) is 12.3. The highest BCUT2D eigenvalue weighted by Gasteiger charge is 2.09. The van der Waals surface area contributed by atoms with Gasteiger partial charge in [-0.3, -0.25) is 0 Å². The Morgan fingerprint density at radius 2 is 2.17 bits per heavy atom. The molecule has 0 atom stereocenters. The van der Waals surface area contributed by atoms with E-state index in [0.29, 0.717) is 10.6 Å². The Kier molecular flexibility index (Phi) is 4.42. The molecular weight excluding hydrogens is 339 g/mol. The normalized spacial score (nSPS) is 10.6. The number of benzene rings is 1. The first-order valence-corrected chi connectivity index (χ1v) is 7.55. The molecule has 0 bridgehead atoms. The highest BCUT2D eigenvalue weighted by Crippen LogP contribution is 2.31. The monoisotopic (exact) mass is 346 g/mol. The molecule has 1 N–H and O–H groups in total. The van der Waals surface area contributed by atoms with Gasteiger partial charge in [0.1, 0.15) is 5.82 Å². The molecule has 1 aromatic heterocycles. The van der Waals surface area contributed by atoms with Gasteiger partial charge in [0.05, 0.1) is 9.35 Å². The zero-order chi connectivity index (χ0) is 13.1. The number of carboxylic acid groups (broad SMARTS) is 1. The van der Waals surface area contributed by atoms with E-state index in [1.165, 1.54) is 30.0 Å². The Morgan fingerprint density at radius 1 is 1.39 bits per heavy atom. The number of rotatable bonds is 4. The largest absolute Gasteiger partial charge is 0.478 e. The summed E-state index contributed by atoms with van der Waals surface area (Å²) in [7, 11) is 0. The smallest absolute Gasteiger partial charge is 0.335 e. The van der Waals surface area contributed by atoms with Crippen molar-refractivity contribution in [3.05, 3.63) is 50.4 Å². The topological polar surface area (TPSA) is 37.3 Å². The van der Waals surface area contributed by atoms with Gasteiger partial charge in [0, 0.05) is 15.5 Å². The number of hydrogen-bond acceptors (Lipinski definition) is 3. The maximum Gasteiger partial charge on any atom is 0.335 e. The van der Waals surface area contributed by atoms with Crippen LogP contribution in [0.5, 0.6) is 0 Å². The number of thioether (sulfide) groups is 1. The van der Waals surface area contributed by atoms with Crippen molar-refractivity contribution in [1.82, 2.24) is 0 Å². The molecular formula is C12H8BrFO2S2. The fourth-order valence-electron chi connectivity index (χ4n) is 1.33. The minimum atomic E-state index is -1.05. The van der Waals surface area contributed by atoms with Gasteiger partial charge in [0.25, 0.3) is 0 Å². The van der Waals surface area contributed by atoms with Crippen LogP contribution in [0.25, 0.3) is 0 Å². The highest BCUT2D eigenvalue weighted by molar-refractivity contribution is 9.11. The fourth-order valence-corrected chi connectivity index (χ4v) is 3.83. The van der Waals surface area contributed by atoms with Crippen molar-refractivity contribution < 1.29 is 14.3 Å². The Morgan fingerprint density at radius 3 is 2.78 bits per heavy atom. The molecule has 2 nitrogen and oxygen atoms in total. The molecule has 1 heterocycles. The van der Waals surface area contributed by atoms with Crippen LogP contribution in [0.1, 0.15) is 15.2 Å². The van der Waals surface area contributed by atoms with E-state index in [1.807, 2.05) is 12.1 Å². The zero-order valence-electron chi connectivity index (χ0n) is 9.02. The minimum absolute atomic E-state index is 0.103. The number of hydrogen-bond donors (Lipinski definition) is 1. The summed E-state index contributed by atoms with van der Waals surface area (Å²) in [6.07, 6.45) is 0. The van der Waals surface area contributed by atoms with Crippen molar-refractivity contribution in [2.45, 2.75) is 10.6 Å². The molecule has 0 aliphatic rings. The predicted octanol–water partition coefficient (Wildman–Crippen LogP) is 4.64. The van der Waals surface area contributed by atoms with Crippen molar-refractivity contribution in [3.8, 4) is 0 Å². The van der Waals surface area contributed by atoms with Crippen LogP contribution in [0.3, 0.4) is 0 Å². The van der Waals surface area contributed by atoms with Crippen molar-refractivity contribution in [1.29, 1.82) is 0 Å².